The number of carbonyl (C=O) groups excluding carboxylic acids is 2. The second kappa shape index (κ2) is 9.28. The maximum absolute atomic E-state index is 14.6. The lowest BCUT2D eigenvalue weighted by Crippen LogP contribution is -2.52. The van der Waals surface area contributed by atoms with Crippen molar-refractivity contribution in [3.8, 4) is 6.07 Å². The summed E-state index contributed by atoms with van der Waals surface area (Å²) in [4.78, 5) is 29.3. The number of fused-ring (bicyclic) bond motifs is 3. The highest BCUT2D eigenvalue weighted by Gasteiger charge is 2.61. The number of carbonyl (C=O) groups is 2. The van der Waals surface area contributed by atoms with Crippen LogP contribution in [0.15, 0.2) is 69.5 Å². The molecule has 2 aromatic carbocycles. The van der Waals surface area contributed by atoms with Crippen LogP contribution in [0.1, 0.15) is 43.4 Å². The molecule has 1 spiro atoms. The third kappa shape index (κ3) is 3.93. The molecule has 202 valence electrons. The van der Waals surface area contributed by atoms with Gasteiger partial charge in [0.1, 0.15) is 23.1 Å². The zero-order chi connectivity index (χ0) is 28.4. The molecule has 3 aromatic rings. The number of nitrogens with two attached hydrogens (primary N) is 1. The Balaban J connectivity index is 1.50. The lowest BCUT2D eigenvalue weighted by atomic mass is 9.61. The Kier molecular flexibility index (Phi) is 6.09. The van der Waals surface area contributed by atoms with Gasteiger partial charge in [0.15, 0.2) is 10.1 Å². The Morgan fingerprint density at radius 1 is 1.20 bits per heavy atom. The number of hydrogen-bond donors (Lipinski definition) is 2. The van der Waals surface area contributed by atoms with Crippen molar-refractivity contribution in [2.45, 2.75) is 49.1 Å². The van der Waals surface area contributed by atoms with E-state index in [1.807, 2.05) is 39.0 Å². The van der Waals surface area contributed by atoms with Gasteiger partial charge in [-0.05, 0) is 42.5 Å². The van der Waals surface area contributed by atoms with Gasteiger partial charge in [-0.1, -0.05) is 66.8 Å². The molecule has 1 atom stereocenters. The number of aryl methyl sites for hydroxylation is 1. The van der Waals surface area contributed by atoms with E-state index in [4.69, 9.17) is 5.73 Å². The molecule has 1 amide bonds. The topological polar surface area (TPSA) is 125 Å². The monoisotopic (exact) mass is 572 g/mol. The molecule has 40 heavy (non-hydrogen) atoms. The fourth-order valence-electron chi connectivity index (χ4n) is 5.91. The van der Waals surface area contributed by atoms with Gasteiger partial charge in [-0.3, -0.25) is 14.5 Å². The maximum atomic E-state index is 14.6. The maximum Gasteiger partial charge on any atom is 0.245 e. The number of anilines is 2. The number of nitrogens with zero attached hydrogens (tertiary/aromatic N) is 4. The molecule has 11 heteroatoms. The first-order valence-corrected chi connectivity index (χ1v) is 14.5. The van der Waals surface area contributed by atoms with Crippen LogP contribution < -0.4 is 16.0 Å². The highest BCUT2D eigenvalue weighted by molar-refractivity contribution is 8.00. The smallest absolute Gasteiger partial charge is 0.245 e. The van der Waals surface area contributed by atoms with E-state index in [0.717, 1.165) is 5.56 Å². The summed E-state index contributed by atoms with van der Waals surface area (Å²) < 4.78 is 15.3. The van der Waals surface area contributed by atoms with Crippen molar-refractivity contribution < 1.29 is 14.0 Å². The van der Waals surface area contributed by atoms with Gasteiger partial charge in [-0.2, -0.15) is 5.26 Å². The summed E-state index contributed by atoms with van der Waals surface area (Å²) in [6.07, 6.45) is 0.546. The van der Waals surface area contributed by atoms with E-state index in [9.17, 15) is 19.2 Å². The third-order valence-corrected chi connectivity index (χ3v) is 9.60. The number of nitrogens with one attached hydrogen (secondary N) is 1. The van der Waals surface area contributed by atoms with Crippen molar-refractivity contribution in [3.63, 3.8) is 0 Å². The molecule has 0 saturated heterocycles. The number of allylic oxidation sites excluding steroid dienone is 1. The van der Waals surface area contributed by atoms with E-state index >= 15 is 0 Å². The second-order valence-electron chi connectivity index (χ2n) is 11.0. The largest absolute Gasteiger partial charge is 0.384 e. The van der Waals surface area contributed by atoms with E-state index < -0.39 is 22.6 Å². The van der Waals surface area contributed by atoms with Crippen LogP contribution in [0.3, 0.4) is 0 Å². The van der Waals surface area contributed by atoms with Crippen LogP contribution in [0.2, 0.25) is 0 Å². The zero-order valence-electron chi connectivity index (χ0n) is 22.0. The number of amides is 1. The van der Waals surface area contributed by atoms with Crippen LogP contribution >= 0.6 is 23.1 Å². The molecule has 0 radical (unpaired) electrons. The normalized spacial score (nSPS) is 21.4. The highest BCUT2D eigenvalue weighted by Crippen LogP contribution is 2.57. The molecule has 0 saturated carbocycles. The van der Waals surface area contributed by atoms with E-state index in [1.165, 1.54) is 46.9 Å². The molecule has 0 fully saturated rings. The average molecular weight is 573 g/mol. The first-order valence-electron chi connectivity index (χ1n) is 12.7. The molecule has 3 N–H and O–H groups in total. The van der Waals surface area contributed by atoms with Crippen LogP contribution in [0.25, 0.3) is 0 Å². The summed E-state index contributed by atoms with van der Waals surface area (Å²) >= 11 is 2.82. The second-order valence-corrected chi connectivity index (χ2v) is 13.2. The summed E-state index contributed by atoms with van der Waals surface area (Å²) in [7, 11) is 0. The minimum atomic E-state index is -1.84. The van der Waals surface area contributed by atoms with E-state index in [2.05, 4.69) is 27.6 Å². The number of Topliss-reactive ketones (excluding diaryl/α,β-unsaturated/α-hetero) is 1. The van der Waals surface area contributed by atoms with Crippen molar-refractivity contribution in [2.75, 3.05) is 10.2 Å². The Labute approximate surface area is 238 Å². The van der Waals surface area contributed by atoms with Gasteiger partial charge in [0.2, 0.25) is 11.0 Å². The molecule has 2 aliphatic heterocycles. The van der Waals surface area contributed by atoms with Gasteiger partial charge in [0.05, 0.1) is 5.57 Å². The molecular weight excluding hydrogens is 547 g/mol. The summed E-state index contributed by atoms with van der Waals surface area (Å²) in [5.41, 5.74) is 7.77. The molecule has 0 bridgehead atoms. The van der Waals surface area contributed by atoms with Gasteiger partial charge in [0.25, 0.3) is 0 Å². The number of rotatable bonds is 4. The van der Waals surface area contributed by atoms with Crippen molar-refractivity contribution in [3.05, 3.63) is 87.6 Å². The fourth-order valence-corrected chi connectivity index (χ4v) is 7.73. The molecule has 3 heterocycles. The number of ketones is 1. The molecular formula is C29H25FN6O2S2. The Bertz CT molecular complexity index is 1720. The standard InChI is InChI=1S/C29H25FN6O2S2/c1-15-5-4-6-16(9-15)14-39-27-35-34-26(40-27)36-21-11-28(2,3)12-22(37)23(21)29(19(13-31)24(36)32)18-10-17(30)7-8-20(18)33-25(29)38/h4-10H,11-12,14,32H2,1-3H3,(H,33,38). The van der Waals surface area contributed by atoms with Gasteiger partial charge >= 0.3 is 0 Å². The van der Waals surface area contributed by atoms with Crippen LogP contribution in [0.5, 0.6) is 0 Å². The predicted octanol–water partition coefficient (Wildman–Crippen LogP) is 5.33. The molecule has 6 rings (SSSR count). The minimum Gasteiger partial charge on any atom is -0.384 e. The average Bonchev–Trinajstić information content (AvgIpc) is 3.45. The quantitative estimate of drug-likeness (QED) is 0.402. The minimum absolute atomic E-state index is 0.0228. The first kappa shape index (κ1) is 26.2. The number of nitriles is 1. The Hall–Kier alpha value is -4.01. The van der Waals surface area contributed by atoms with Gasteiger partial charge in [-0.25, -0.2) is 4.39 Å². The van der Waals surface area contributed by atoms with Gasteiger partial charge < -0.3 is 11.1 Å². The van der Waals surface area contributed by atoms with Crippen LogP contribution in [0.4, 0.5) is 15.2 Å². The number of hydrogen-bond acceptors (Lipinski definition) is 9. The summed E-state index contributed by atoms with van der Waals surface area (Å²) in [5.74, 6) is -0.804. The molecule has 1 aromatic heterocycles. The van der Waals surface area contributed by atoms with E-state index in [0.29, 0.717) is 33.0 Å². The van der Waals surface area contributed by atoms with Crippen LogP contribution in [-0.2, 0) is 20.8 Å². The lowest BCUT2D eigenvalue weighted by Gasteiger charge is -2.45. The van der Waals surface area contributed by atoms with E-state index in [1.54, 1.807) is 4.90 Å². The number of halogens is 1. The number of thioether (sulfide) groups is 1. The van der Waals surface area contributed by atoms with Crippen molar-refractivity contribution in [1.82, 2.24) is 10.2 Å². The SMILES string of the molecule is Cc1cccc(CSc2nnc(N3C(N)=C(C#N)C4(C(=O)Nc5ccc(F)cc54)C4=C3CC(C)(C)CC4=O)s2)c1. The summed E-state index contributed by atoms with van der Waals surface area (Å²) in [5, 5.41) is 22.3. The molecule has 8 nitrogen and oxygen atoms in total. The Morgan fingerprint density at radius 2 is 2.00 bits per heavy atom. The van der Waals surface area contributed by atoms with Gasteiger partial charge in [-0.15, -0.1) is 10.2 Å². The summed E-state index contributed by atoms with van der Waals surface area (Å²) in [6.45, 7) is 5.97. The zero-order valence-corrected chi connectivity index (χ0v) is 23.7. The highest BCUT2D eigenvalue weighted by atomic mass is 32.2. The predicted molar refractivity (Wildman–Crippen MR) is 152 cm³/mol. The molecule has 3 aliphatic rings. The number of benzene rings is 2. The summed E-state index contributed by atoms with van der Waals surface area (Å²) in [6, 6.07) is 14.2. The molecule has 1 aliphatic carbocycles. The number of aromatic nitrogens is 2. The van der Waals surface area contributed by atoms with Crippen LogP contribution in [-0.4, -0.2) is 21.9 Å². The first-order chi connectivity index (χ1) is 19.0. The Morgan fingerprint density at radius 3 is 2.75 bits per heavy atom. The third-order valence-electron chi connectivity index (χ3n) is 7.49. The van der Waals surface area contributed by atoms with Gasteiger partial charge in [0, 0.05) is 34.7 Å². The van der Waals surface area contributed by atoms with E-state index in [-0.39, 0.29) is 34.7 Å². The van der Waals surface area contributed by atoms with Crippen molar-refractivity contribution in [1.29, 1.82) is 5.26 Å². The lowest BCUT2D eigenvalue weighted by molar-refractivity contribution is -0.123. The van der Waals surface area contributed by atoms with Crippen LogP contribution in [0, 0.1) is 29.5 Å². The molecule has 1 unspecified atom stereocenters. The van der Waals surface area contributed by atoms with Crippen molar-refractivity contribution >= 4 is 45.6 Å². The fraction of sp³-hybridized carbons (Fsp3) is 0.276. The van der Waals surface area contributed by atoms with Crippen molar-refractivity contribution in [2.24, 2.45) is 11.1 Å².